The number of hydrogen-bond donors (Lipinski definition) is 3. The first kappa shape index (κ1) is 19.3. The fourth-order valence-corrected chi connectivity index (χ4v) is 2.70. The second-order valence-corrected chi connectivity index (χ2v) is 6.39. The average molecular weight is 376 g/mol. The Bertz CT molecular complexity index is 900. The number of aryl methyl sites for hydroxylation is 2. The Kier molecular flexibility index (Phi) is 6.89. The molecule has 0 aliphatic rings. The van der Waals surface area contributed by atoms with Crippen molar-refractivity contribution in [2.75, 3.05) is 23.7 Å². The molecule has 28 heavy (non-hydrogen) atoms. The van der Waals surface area contributed by atoms with Crippen molar-refractivity contribution in [2.45, 2.75) is 19.8 Å². The van der Waals surface area contributed by atoms with Crippen LogP contribution in [0.25, 0.3) is 0 Å². The van der Waals surface area contributed by atoms with E-state index in [2.05, 4.69) is 50.0 Å². The monoisotopic (exact) mass is 376 g/mol. The van der Waals surface area contributed by atoms with Crippen LogP contribution in [0.15, 0.2) is 61.1 Å². The first-order valence-corrected chi connectivity index (χ1v) is 9.25. The zero-order valence-electron chi connectivity index (χ0n) is 15.9. The number of hydrogen-bond acceptors (Lipinski definition) is 6. The number of nitrogens with zero attached hydrogens (tertiary/aromatic N) is 3. The van der Waals surface area contributed by atoms with Crippen LogP contribution in [0.2, 0.25) is 0 Å². The van der Waals surface area contributed by atoms with Gasteiger partial charge in [0.1, 0.15) is 23.8 Å². The zero-order chi connectivity index (χ0) is 19.6. The van der Waals surface area contributed by atoms with Crippen LogP contribution in [0.1, 0.15) is 17.5 Å². The minimum Gasteiger partial charge on any atom is -0.368 e. The van der Waals surface area contributed by atoms with E-state index in [-0.39, 0.29) is 5.91 Å². The molecule has 7 nitrogen and oxygen atoms in total. The molecule has 1 aromatic carbocycles. The minimum absolute atomic E-state index is 0.0449. The summed E-state index contributed by atoms with van der Waals surface area (Å²) in [4.78, 5) is 24.6. The lowest BCUT2D eigenvalue weighted by Crippen LogP contribution is -2.29. The van der Waals surface area contributed by atoms with Gasteiger partial charge in [-0.15, -0.1) is 0 Å². The van der Waals surface area contributed by atoms with Gasteiger partial charge in [-0.2, -0.15) is 0 Å². The molecule has 3 rings (SSSR count). The Hall–Kier alpha value is -3.48. The Balaban J connectivity index is 1.38. The molecule has 0 saturated heterocycles. The standard InChI is InChI=1S/C21H24N6O/c1-16-5-4-6-17(13-16)8-9-21(28)24-12-11-23-19-14-20(26-15-25-19)27-18-7-2-3-10-22-18/h2-7,10,13-15H,8-9,11-12H2,1H3,(H,24,28)(H2,22,23,25,26,27). The predicted molar refractivity (Wildman–Crippen MR) is 111 cm³/mol. The SMILES string of the molecule is Cc1cccc(CCC(=O)NCCNc2cc(Nc3ccccn3)ncn2)c1. The summed E-state index contributed by atoms with van der Waals surface area (Å²) in [6.45, 7) is 3.16. The van der Waals surface area contributed by atoms with Crippen LogP contribution >= 0.6 is 0 Å². The Labute approximate surface area is 164 Å². The van der Waals surface area contributed by atoms with Gasteiger partial charge in [0.15, 0.2) is 0 Å². The summed E-state index contributed by atoms with van der Waals surface area (Å²) in [5, 5.41) is 9.22. The van der Waals surface area contributed by atoms with Crippen molar-refractivity contribution in [3.05, 3.63) is 72.2 Å². The number of carbonyl (C=O) groups excluding carboxylic acids is 1. The van der Waals surface area contributed by atoms with E-state index in [1.807, 2.05) is 30.3 Å². The van der Waals surface area contributed by atoms with Crippen molar-refractivity contribution < 1.29 is 4.79 Å². The lowest BCUT2D eigenvalue weighted by atomic mass is 10.1. The largest absolute Gasteiger partial charge is 0.368 e. The van der Waals surface area contributed by atoms with Crippen molar-refractivity contribution in [3.8, 4) is 0 Å². The van der Waals surface area contributed by atoms with Crippen LogP contribution in [0, 0.1) is 6.92 Å². The topological polar surface area (TPSA) is 91.8 Å². The molecule has 0 spiro atoms. The number of rotatable bonds is 9. The molecule has 0 saturated carbocycles. The van der Waals surface area contributed by atoms with Gasteiger partial charge in [0.2, 0.25) is 5.91 Å². The normalized spacial score (nSPS) is 10.3. The van der Waals surface area contributed by atoms with E-state index in [4.69, 9.17) is 0 Å². The summed E-state index contributed by atoms with van der Waals surface area (Å²) < 4.78 is 0. The molecule has 0 radical (unpaired) electrons. The Morgan fingerprint density at radius 3 is 2.64 bits per heavy atom. The molecule has 0 unspecified atom stereocenters. The van der Waals surface area contributed by atoms with Gasteiger partial charge in [-0.3, -0.25) is 4.79 Å². The van der Waals surface area contributed by atoms with Crippen LogP contribution in [0.3, 0.4) is 0 Å². The molecule has 3 N–H and O–H groups in total. The second-order valence-electron chi connectivity index (χ2n) is 6.39. The van der Waals surface area contributed by atoms with E-state index in [1.165, 1.54) is 17.5 Å². The number of aromatic nitrogens is 3. The molecule has 3 aromatic rings. The van der Waals surface area contributed by atoms with Gasteiger partial charge in [-0.05, 0) is 31.0 Å². The molecular formula is C21H24N6O. The molecule has 2 heterocycles. The highest BCUT2D eigenvalue weighted by atomic mass is 16.1. The highest BCUT2D eigenvalue weighted by molar-refractivity contribution is 5.76. The predicted octanol–water partition coefficient (Wildman–Crippen LogP) is 3.08. The number of nitrogens with one attached hydrogen (secondary N) is 3. The van der Waals surface area contributed by atoms with Crippen LogP contribution in [-0.4, -0.2) is 33.9 Å². The highest BCUT2D eigenvalue weighted by Gasteiger charge is 2.03. The first-order valence-electron chi connectivity index (χ1n) is 9.25. The average Bonchev–Trinajstić information content (AvgIpc) is 2.71. The summed E-state index contributed by atoms with van der Waals surface area (Å²) in [7, 11) is 0. The maximum Gasteiger partial charge on any atom is 0.220 e. The van der Waals surface area contributed by atoms with Gasteiger partial charge >= 0.3 is 0 Å². The maximum absolute atomic E-state index is 12.0. The Morgan fingerprint density at radius 2 is 1.82 bits per heavy atom. The molecule has 2 aromatic heterocycles. The van der Waals surface area contributed by atoms with Crippen LogP contribution in [-0.2, 0) is 11.2 Å². The van der Waals surface area contributed by atoms with E-state index in [1.54, 1.807) is 12.3 Å². The summed E-state index contributed by atoms with van der Waals surface area (Å²) in [6.07, 6.45) is 4.42. The van der Waals surface area contributed by atoms with E-state index < -0.39 is 0 Å². The summed E-state index contributed by atoms with van der Waals surface area (Å²) in [5.74, 6) is 2.09. The molecular weight excluding hydrogens is 352 g/mol. The first-order chi connectivity index (χ1) is 13.7. The number of anilines is 3. The van der Waals surface area contributed by atoms with Crippen LogP contribution in [0.4, 0.5) is 17.5 Å². The van der Waals surface area contributed by atoms with Gasteiger partial charge in [0.25, 0.3) is 0 Å². The molecule has 0 atom stereocenters. The van der Waals surface area contributed by atoms with E-state index in [0.29, 0.717) is 37.0 Å². The smallest absolute Gasteiger partial charge is 0.220 e. The third kappa shape index (κ3) is 6.35. The number of amides is 1. The van der Waals surface area contributed by atoms with Gasteiger partial charge in [-0.1, -0.05) is 35.9 Å². The fourth-order valence-electron chi connectivity index (χ4n) is 2.70. The molecule has 0 aliphatic carbocycles. The fraction of sp³-hybridized carbons (Fsp3) is 0.238. The molecule has 7 heteroatoms. The van der Waals surface area contributed by atoms with Crippen molar-refractivity contribution in [1.82, 2.24) is 20.3 Å². The van der Waals surface area contributed by atoms with Crippen molar-refractivity contribution >= 4 is 23.4 Å². The van der Waals surface area contributed by atoms with E-state index >= 15 is 0 Å². The number of carbonyl (C=O) groups is 1. The quantitative estimate of drug-likeness (QED) is 0.497. The van der Waals surface area contributed by atoms with E-state index in [9.17, 15) is 4.79 Å². The summed E-state index contributed by atoms with van der Waals surface area (Å²) in [5.41, 5.74) is 2.39. The lowest BCUT2D eigenvalue weighted by molar-refractivity contribution is -0.120. The molecule has 0 bridgehead atoms. The van der Waals surface area contributed by atoms with Crippen LogP contribution < -0.4 is 16.0 Å². The molecule has 0 aliphatic heterocycles. The molecule has 0 fully saturated rings. The van der Waals surface area contributed by atoms with Crippen molar-refractivity contribution in [3.63, 3.8) is 0 Å². The van der Waals surface area contributed by atoms with Gasteiger partial charge in [-0.25, -0.2) is 15.0 Å². The zero-order valence-corrected chi connectivity index (χ0v) is 15.9. The summed E-state index contributed by atoms with van der Waals surface area (Å²) >= 11 is 0. The minimum atomic E-state index is 0.0449. The third-order valence-electron chi connectivity index (χ3n) is 4.06. The van der Waals surface area contributed by atoms with Crippen molar-refractivity contribution in [1.29, 1.82) is 0 Å². The summed E-state index contributed by atoms with van der Waals surface area (Å²) in [6, 6.07) is 15.7. The number of pyridine rings is 1. The molecule has 144 valence electrons. The van der Waals surface area contributed by atoms with E-state index in [0.717, 1.165) is 6.42 Å². The maximum atomic E-state index is 12.0. The second kappa shape index (κ2) is 10.0. The van der Waals surface area contributed by atoms with Crippen molar-refractivity contribution in [2.24, 2.45) is 0 Å². The Morgan fingerprint density at radius 1 is 0.929 bits per heavy atom. The van der Waals surface area contributed by atoms with Crippen LogP contribution in [0.5, 0.6) is 0 Å². The third-order valence-corrected chi connectivity index (χ3v) is 4.06. The highest BCUT2D eigenvalue weighted by Crippen LogP contribution is 2.13. The number of benzene rings is 1. The molecule has 1 amide bonds. The lowest BCUT2D eigenvalue weighted by Gasteiger charge is -2.09. The van der Waals surface area contributed by atoms with Gasteiger partial charge in [0.05, 0.1) is 0 Å². The van der Waals surface area contributed by atoms with Gasteiger partial charge in [0, 0.05) is 31.8 Å². The van der Waals surface area contributed by atoms with Gasteiger partial charge < -0.3 is 16.0 Å².